The molecule has 1 aliphatic heterocycles. The first-order valence-electron chi connectivity index (χ1n) is 5.29. The maximum Gasteiger partial charge on any atom is 0.133 e. The van der Waals surface area contributed by atoms with Crippen LogP contribution in [0.25, 0.3) is 0 Å². The molecule has 0 saturated carbocycles. The molecule has 1 saturated heterocycles. The van der Waals surface area contributed by atoms with Crippen LogP contribution < -0.4 is 5.32 Å². The summed E-state index contributed by atoms with van der Waals surface area (Å²) in [6.07, 6.45) is 4.00. The van der Waals surface area contributed by atoms with Crippen LogP contribution in [0.3, 0.4) is 0 Å². The van der Waals surface area contributed by atoms with Crippen LogP contribution >= 0.6 is 11.8 Å². The van der Waals surface area contributed by atoms with Crippen molar-refractivity contribution in [3.05, 3.63) is 24.0 Å². The van der Waals surface area contributed by atoms with E-state index in [9.17, 15) is 0 Å². The third kappa shape index (κ3) is 3.39. The average Bonchev–Trinajstić information content (AvgIpc) is 2.30. The van der Waals surface area contributed by atoms with Crippen molar-refractivity contribution >= 4 is 11.8 Å². The normalized spacial score (nSPS) is 17.9. The number of aromatic nitrogens is 1. The number of aromatic hydroxyl groups is 1. The molecule has 0 spiro atoms. The first-order valence-corrected chi connectivity index (χ1v) is 6.45. The van der Waals surface area contributed by atoms with Gasteiger partial charge in [0.2, 0.25) is 0 Å². The Balaban J connectivity index is 1.79. The van der Waals surface area contributed by atoms with E-state index < -0.39 is 0 Å². The molecule has 4 heteroatoms. The zero-order chi connectivity index (χ0) is 10.5. The summed E-state index contributed by atoms with van der Waals surface area (Å²) in [4.78, 5) is 4.14. The summed E-state index contributed by atoms with van der Waals surface area (Å²) in [6, 6.07) is 4.18. The quantitative estimate of drug-likeness (QED) is 0.821. The van der Waals surface area contributed by atoms with E-state index >= 15 is 0 Å². The number of hydrogen-bond donors (Lipinski definition) is 2. The van der Waals surface area contributed by atoms with E-state index in [0.717, 1.165) is 12.2 Å². The van der Waals surface area contributed by atoms with E-state index in [1.807, 2.05) is 17.8 Å². The molecule has 1 fully saturated rings. The van der Waals surface area contributed by atoms with Crippen molar-refractivity contribution in [1.29, 1.82) is 0 Å². The largest absolute Gasteiger partial charge is 0.506 e. The van der Waals surface area contributed by atoms with Crippen LogP contribution in [0, 0.1) is 0 Å². The SMILES string of the molecule is Oc1ccc(CNC2CCSCC2)nc1. The number of thioether (sulfide) groups is 1. The molecule has 2 N–H and O–H groups in total. The fourth-order valence-electron chi connectivity index (χ4n) is 1.67. The molecular formula is C11H16N2OS. The summed E-state index contributed by atoms with van der Waals surface area (Å²) in [5.74, 6) is 2.76. The molecule has 1 aromatic rings. The highest BCUT2D eigenvalue weighted by atomic mass is 32.2. The van der Waals surface area contributed by atoms with Crippen molar-refractivity contribution in [3.63, 3.8) is 0 Å². The second-order valence-corrected chi connectivity index (χ2v) is 5.00. The predicted octanol–water partition coefficient (Wildman–Crippen LogP) is 1.77. The highest BCUT2D eigenvalue weighted by Gasteiger charge is 2.12. The van der Waals surface area contributed by atoms with Crippen molar-refractivity contribution < 1.29 is 5.11 Å². The van der Waals surface area contributed by atoms with Gasteiger partial charge in [-0.05, 0) is 36.5 Å². The lowest BCUT2D eigenvalue weighted by Gasteiger charge is -2.22. The number of nitrogens with zero attached hydrogens (tertiary/aromatic N) is 1. The molecule has 0 atom stereocenters. The van der Waals surface area contributed by atoms with Gasteiger partial charge in [0.15, 0.2) is 0 Å². The minimum Gasteiger partial charge on any atom is -0.506 e. The van der Waals surface area contributed by atoms with Gasteiger partial charge in [0.25, 0.3) is 0 Å². The van der Waals surface area contributed by atoms with Crippen molar-refractivity contribution in [3.8, 4) is 5.75 Å². The average molecular weight is 224 g/mol. The van der Waals surface area contributed by atoms with Gasteiger partial charge < -0.3 is 10.4 Å². The number of nitrogens with one attached hydrogen (secondary N) is 1. The lowest BCUT2D eigenvalue weighted by molar-refractivity contribution is 0.466. The zero-order valence-electron chi connectivity index (χ0n) is 8.65. The lowest BCUT2D eigenvalue weighted by atomic mass is 10.1. The highest BCUT2D eigenvalue weighted by Crippen LogP contribution is 2.17. The van der Waals surface area contributed by atoms with Crippen LogP contribution in [0.2, 0.25) is 0 Å². The van der Waals surface area contributed by atoms with E-state index in [0.29, 0.717) is 6.04 Å². The topological polar surface area (TPSA) is 45.1 Å². The first kappa shape index (κ1) is 10.8. The Morgan fingerprint density at radius 2 is 2.20 bits per heavy atom. The number of hydrogen-bond acceptors (Lipinski definition) is 4. The second-order valence-electron chi connectivity index (χ2n) is 3.78. The molecular weight excluding hydrogens is 208 g/mol. The Kier molecular flexibility index (Phi) is 3.86. The standard InChI is InChI=1S/C11H16N2OS/c14-11-2-1-10(13-8-11)7-12-9-3-5-15-6-4-9/h1-2,8-9,12,14H,3-7H2. The minimum absolute atomic E-state index is 0.229. The van der Waals surface area contributed by atoms with Crippen LogP contribution in [-0.2, 0) is 6.54 Å². The van der Waals surface area contributed by atoms with E-state index in [1.165, 1.54) is 30.5 Å². The van der Waals surface area contributed by atoms with Crippen LogP contribution in [0.4, 0.5) is 0 Å². The Bertz CT molecular complexity index is 296. The second kappa shape index (κ2) is 5.37. The molecule has 0 aliphatic carbocycles. The highest BCUT2D eigenvalue weighted by molar-refractivity contribution is 7.99. The van der Waals surface area contributed by atoms with Gasteiger partial charge in [0, 0.05) is 12.6 Å². The summed E-state index contributed by atoms with van der Waals surface area (Å²) in [5.41, 5.74) is 0.992. The molecule has 2 heterocycles. The fourth-order valence-corrected chi connectivity index (χ4v) is 2.78. The van der Waals surface area contributed by atoms with Gasteiger partial charge in [-0.15, -0.1) is 0 Å². The van der Waals surface area contributed by atoms with E-state index in [1.54, 1.807) is 6.07 Å². The van der Waals surface area contributed by atoms with Gasteiger partial charge in [0.05, 0.1) is 11.9 Å². The molecule has 2 rings (SSSR count). The van der Waals surface area contributed by atoms with E-state index in [2.05, 4.69) is 10.3 Å². The number of pyridine rings is 1. The third-order valence-corrected chi connectivity index (χ3v) is 3.65. The van der Waals surface area contributed by atoms with Crippen LogP contribution in [0.1, 0.15) is 18.5 Å². The molecule has 3 nitrogen and oxygen atoms in total. The molecule has 1 aliphatic rings. The fraction of sp³-hybridized carbons (Fsp3) is 0.545. The maximum absolute atomic E-state index is 9.09. The molecule has 0 unspecified atom stereocenters. The minimum atomic E-state index is 0.229. The van der Waals surface area contributed by atoms with E-state index in [4.69, 9.17) is 5.11 Å². The predicted molar refractivity (Wildman–Crippen MR) is 63.1 cm³/mol. The van der Waals surface area contributed by atoms with Crippen LogP contribution in [0.5, 0.6) is 5.75 Å². The smallest absolute Gasteiger partial charge is 0.133 e. The maximum atomic E-state index is 9.09. The molecule has 0 bridgehead atoms. The van der Waals surface area contributed by atoms with Gasteiger partial charge in [-0.25, -0.2) is 0 Å². The van der Waals surface area contributed by atoms with Crippen molar-refractivity contribution in [2.24, 2.45) is 0 Å². The van der Waals surface area contributed by atoms with Gasteiger partial charge in [-0.1, -0.05) is 0 Å². The van der Waals surface area contributed by atoms with Crippen molar-refractivity contribution in [2.45, 2.75) is 25.4 Å². The number of rotatable bonds is 3. The molecule has 0 radical (unpaired) electrons. The Labute approximate surface area is 94.3 Å². The van der Waals surface area contributed by atoms with Crippen LogP contribution in [-0.4, -0.2) is 27.6 Å². The monoisotopic (exact) mass is 224 g/mol. The summed E-state index contributed by atoms with van der Waals surface area (Å²) in [6.45, 7) is 0.801. The molecule has 82 valence electrons. The summed E-state index contributed by atoms with van der Waals surface area (Å²) < 4.78 is 0. The Morgan fingerprint density at radius 1 is 1.40 bits per heavy atom. The van der Waals surface area contributed by atoms with Crippen molar-refractivity contribution in [1.82, 2.24) is 10.3 Å². The third-order valence-electron chi connectivity index (χ3n) is 2.60. The lowest BCUT2D eigenvalue weighted by Crippen LogP contribution is -2.32. The van der Waals surface area contributed by atoms with Gasteiger partial charge in [0.1, 0.15) is 5.75 Å². The Hall–Kier alpha value is -0.740. The molecule has 0 amide bonds. The van der Waals surface area contributed by atoms with Gasteiger partial charge in [-0.3, -0.25) is 4.98 Å². The summed E-state index contributed by atoms with van der Waals surface area (Å²) in [7, 11) is 0. The van der Waals surface area contributed by atoms with Gasteiger partial charge >= 0.3 is 0 Å². The van der Waals surface area contributed by atoms with Crippen LogP contribution in [0.15, 0.2) is 18.3 Å². The Morgan fingerprint density at radius 3 is 2.87 bits per heavy atom. The zero-order valence-corrected chi connectivity index (χ0v) is 9.46. The molecule has 0 aromatic carbocycles. The van der Waals surface area contributed by atoms with Gasteiger partial charge in [-0.2, -0.15) is 11.8 Å². The van der Waals surface area contributed by atoms with Crippen molar-refractivity contribution in [2.75, 3.05) is 11.5 Å². The van der Waals surface area contributed by atoms with E-state index in [-0.39, 0.29) is 5.75 Å². The first-order chi connectivity index (χ1) is 7.34. The molecule has 15 heavy (non-hydrogen) atoms. The molecule has 1 aromatic heterocycles. The summed E-state index contributed by atoms with van der Waals surface area (Å²) in [5, 5.41) is 12.6. The summed E-state index contributed by atoms with van der Waals surface area (Å²) >= 11 is 2.03.